The molecular formula is C20H22FN3O2. The first kappa shape index (κ1) is 17.0. The number of methoxy groups -OCH3 is 1. The summed E-state index contributed by atoms with van der Waals surface area (Å²) in [6.45, 7) is 4.22. The summed E-state index contributed by atoms with van der Waals surface area (Å²) in [5.74, 6) is 0.766. The highest BCUT2D eigenvalue weighted by Crippen LogP contribution is 2.43. The fourth-order valence-corrected chi connectivity index (χ4v) is 4.28. The van der Waals surface area contributed by atoms with Crippen LogP contribution in [0.25, 0.3) is 0 Å². The Hall–Kier alpha value is -2.47. The van der Waals surface area contributed by atoms with E-state index < -0.39 is 0 Å². The average molecular weight is 355 g/mol. The molecule has 5 nitrogen and oxygen atoms in total. The molecule has 2 fully saturated rings. The number of hydrogen-bond donors (Lipinski definition) is 1. The number of amides is 1. The third-order valence-electron chi connectivity index (χ3n) is 5.47. The van der Waals surface area contributed by atoms with Gasteiger partial charge in [0.05, 0.1) is 24.9 Å². The van der Waals surface area contributed by atoms with E-state index in [2.05, 4.69) is 10.3 Å². The number of ether oxygens (including phenoxy) is 1. The Bertz CT molecular complexity index is 842. The van der Waals surface area contributed by atoms with Gasteiger partial charge in [-0.25, -0.2) is 4.39 Å². The van der Waals surface area contributed by atoms with E-state index in [4.69, 9.17) is 4.74 Å². The van der Waals surface area contributed by atoms with Crippen LogP contribution in [0.1, 0.15) is 27.7 Å². The smallest absolute Gasteiger partial charge is 0.258 e. The summed E-state index contributed by atoms with van der Waals surface area (Å²) < 4.78 is 19.2. The molecule has 2 aliphatic heterocycles. The molecule has 0 radical (unpaired) electrons. The molecule has 136 valence electrons. The zero-order valence-corrected chi connectivity index (χ0v) is 14.9. The van der Waals surface area contributed by atoms with E-state index in [0.29, 0.717) is 23.8 Å². The fraction of sp³-hybridized carbons (Fsp3) is 0.400. The van der Waals surface area contributed by atoms with Gasteiger partial charge in [0.1, 0.15) is 11.6 Å². The zero-order valence-electron chi connectivity index (χ0n) is 14.9. The summed E-state index contributed by atoms with van der Waals surface area (Å²) in [5, 5.41) is 3.40. The summed E-state index contributed by atoms with van der Waals surface area (Å²) in [6, 6.07) is 8.21. The Morgan fingerprint density at radius 2 is 2.19 bits per heavy atom. The van der Waals surface area contributed by atoms with Crippen LogP contribution in [0.3, 0.4) is 0 Å². The molecule has 1 amide bonds. The Morgan fingerprint density at radius 1 is 1.35 bits per heavy atom. The number of rotatable bonds is 3. The molecule has 4 rings (SSSR count). The van der Waals surface area contributed by atoms with Crippen molar-refractivity contribution < 1.29 is 13.9 Å². The van der Waals surface area contributed by atoms with Crippen molar-refractivity contribution in [2.24, 2.45) is 11.8 Å². The van der Waals surface area contributed by atoms with Gasteiger partial charge in [-0.1, -0.05) is 12.1 Å². The van der Waals surface area contributed by atoms with Crippen LogP contribution in [0.2, 0.25) is 0 Å². The summed E-state index contributed by atoms with van der Waals surface area (Å²) in [5.41, 5.74) is 2.12. The first-order chi connectivity index (χ1) is 12.6. The van der Waals surface area contributed by atoms with Crippen LogP contribution in [0.4, 0.5) is 4.39 Å². The van der Waals surface area contributed by atoms with Crippen molar-refractivity contribution in [2.75, 3.05) is 26.7 Å². The minimum absolute atomic E-state index is 0.0870. The Balaban J connectivity index is 1.74. The van der Waals surface area contributed by atoms with Gasteiger partial charge in [-0.2, -0.15) is 0 Å². The number of aryl methyl sites for hydroxylation is 1. The lowest BCUT2D eigenvalue weighted by atomic mass is 9.89. The van der Waals surface area contributed by atoms with Crippen LogP contribution in [0, 0.1) is 24.6 Å². The standard InChI is InChI=1S/C20H22FN3O2/c1-12-6-16(18(26-2)10-23-12)20(25)24-11-14-8-22-9-17(14)19(24)13-4-3-5-15(21)7-13/h3-7,10,14,17,19,22H,8-9,11H2,1-2H3/t14-,17-,19+/m0/s1. The maximum absolute atomic E-state index is 13.8. The molecular weight excluding hydrogens is 333 g/mol. The fourth-order valence-electron chi connectivity index (χ4n) is 4.28. The minimum atomic E-state index is -0.276. The van der Waals surface area contributed by atoms with E-state index in [1.165, 1.54) is 13.2 Å². The monoisotopic (exact) mass is 355 g/mol. The van der Waals surface area contributed by atoms with Crippen LogP contribution in [-0.2, 0) is 0 Å². The quantitative estimate of drug-likeness (QED) is 0.919. The van der Waals surface area contributed by atoms with E-state index >= 15 is 0 Å². The van der Waals surface area contributed by atoms with Crippen molar-refractivity contribution in [3.05, 3.63) is 59.2 Å². The lowest BCUT2D eigenvalue weighted by Gasteiger charge is -2.29. The number of benzene rings is 1. The van der Waals surface area contributed by atoms with Crippen LogP contribution >= 0.6 is 0 Å². The van der Waals surface area contributed by atoms with Gasteiger partial charge in [-0.3, -0.25) is 9.78 Å². The van der Waals surface area contributed by atoms with Crippen molar-refractivity contribution in [3.63, 3.8) is 0 Å². The van der Waals surface area contributed by atoms with Crippen molar-refractivity contribution in [2.45, 2.75) is 13.0 Å². The number of nitrogens with zero attached hydrogens (tertiary/aromatic N) is 2. The Morgan fingerprint density at radius 3 is 2.96 bits per heavy atom. The predicted octanol–water partition coefficient (Wildman–Crippen LogP) is 2.57. The van der Waals surface area contributed by atoms with Crippen molar-refractivity contribution in [1.82, 2.24) is 15.2 Å². The molecule has 2 aliphatic rings. The molecule has 26 heavy (non-hydrogen) atoms. The second kappa shape index (κ2) is 6.68. The number of hydrogen-bond acceptors (Lipinski definition) is 4. The number of carbonyl (C=O) groups excluding carboxylic acids is 1. The van der Waals surface area contributed by atoms with Gasteiger partial charge in [0.15, 0.2) is 0 Å². The minimum Gasteiger partial charge on any atom is -0.494 e. The predicted molar refractivity (Wildman–Crippen MR) is 95.6 cm³/mol. The lowest BCUT2D eigenvalue weighted by Crippen LogP contribution is -2.35. The van der Waals surface area contributed by atoms with Crippen molar-refractivity contribution in [3.8, 4) is 5.75 Å². The normalized spacial score (nSPS) is 24.6. The topological polar surface area (TPSA) is 54.5 Å². The van der Waals surface area contributed by atoms with Crippen LogP contribution in [-0.4, -0.2) is 42.5 Å². The molecule has 1 aromatic carbocycles. The number of likely N-dealkylation sites (tertiary alicyclic amines) is 1. The maximum atomic E-state index is 13.8. The largest absolute Gasteiger partial charge is 0.494 e. The van der Waals surface area contributed by atoms with Gasteiger partial charge in [0, 0.05) is 31.2 Å². The second-order valence-electron chi connectivity index (χ2n) is 7.07. The van der Waals surface area contributed by atoms with Crippen molar-refractivity contribution in [1.29, 1.82) is 0 Å². The SMILES string of the molecule is COc1cnc(C)cc1C(=O)N1C[C@@H]2CNC[C@@H]2[C@H]1c1cccc(F)c1. The number of carbonyl (C=O) groups is 1. The molecule has 0 saturated carbocycles. The Kier molecular flexibility index (Phi) is 4.36. The number of aromatic nitrogens is 1. The molecule has 3 atom stereocenters. The molecule has 0 bridgehead atoms. The van der Waals surface area contributed by atoms with Crippen LogP contribution in [0.5, 0.6) is 5.75 Å². The molecule has 2 saturated heterocycles. The first-order valence-electron chi connectivity index (χ1n) is 8.86. The van der Waals surface area contributed by atoms with E-state index in [9.17, 15) is 9.18 Å². The summed E-state index contributed by atoms with van der Waals surface area (Å²) in [4.78, 5) is 19.5. The van der Waals surface area contributed by atoms with Gasteiger partial charge in [-0.05, 0) is 36.6 Å². The molecule has 2 aromatic rings. The highest BCUT2D eigenvalue weighted by molar-refractivity contribution is 5.97. The molecule has 6 heteroatoms. The summed E-state index contributed by atoms with van der Waals surface area (Å²) >= 11 is 0. The average Bonchev–Trinajstić information content (AvgIpc) is 3.21. The summed E-state index contributed by atoms with van der Waals surface area (Å²) in [7, 11) is 1.54. The number of fused-ring (bicyclic) bond motifs is 1. The van der Waals surface area contributed by atoms with E-state index in [1.807, 2.05) is 17.9 Å². The van der Waals surface area contributed by atoms with Gasteiger partial charge >= 0.3 is 0 Å². The second-order valence-corrected chi connectivity index (χ2v) is 7.07. The third kappa shape index (κ3) is 2.84. The van der Waals surface area contributed by atoms with Crippen LogP contribution < -0.4 is 10.1 Å². The number of halogens is 1. The van der Waals surface area contributed by atoms with E-state index in [-0.39, 0.29) is 23.7 Å². The molecule has 0 unspecified atom stereocenters. The number of nitrogens with one attached hydrogen (secondary N) is 1. The van der Waals surface area contributed by atoms with Crippen LogP contribution in [0.15, 0.2) is 36.5 Å². The third-order valence-corrected chi connectivity index (χ3v) is 5.47. The summed E-state index contributed by atoms with van der Waals surface area (Å²) in [6.07, 6.45) is 1.58. The highest BCUT2D eigenvalue weighted by atomic mass is 19.1. The number of pyridine rings is 1. The molecule has 1 aromatic heterocycles. The first-order valence-corrected chi connectivity index (χ1v) is 8.86. The van der Waals surface area contributed by atoms with Gasteiger partial charge in [0.25, 0.3) is 5.91 Å². The highest BCUT2D eigenvalue weighted by Gasteiger charge is 2.47. The van der Waals surface area contributed by atoms with E-state index in [1.54, 1.807) is 24.4 Å². The zero-order chi connectivity index (χ0) is 18.3. The molecule has 0 spiro atoms. The van der Waals surface area contributed by atoms with Crippen molar-refractivity contribution >= 4 is 5.91 Å². The lowest BCUT2D eigenvalue weighted by molar-refractivity contribution is 0.0710. The molecule has 0 aliphatic carbocycles. The molecule has 3 heterocycles. The van der Waals surface area contributed by atoms with Gasteiger partial charge in [-0.15, -0.1) is 0 Å². The Labute approximate surface area is 152 Å². The van der Waals surface area contributed by atoms with E-state index in [0.717, 1.165) is 24.3 Å². The van der Waals surface area contributed by atoms with Gasteiger partial charge in [0.2, 0.25) is 0 Å². The van der Waals surface area contributed by atoms with Gasteiger partial charge < -0.3 is 15.0 Å². The maximum Gasteiger partial charge on any atom is 0.258 e. The molecule has 1 N–H and O–H groups in total.